The molecule has 2 rings (SSSR count). The summed E-state index contributed by atoms with van der Waals surface area (Å²) in [4.78, 5) is 2.34. The number of aliphatic hydroxyl groups excluding tert-OH is 1. The molecule has 0 radical (unpaired) electrons. The second kappa shape index (κ2) is 6.40. The Balaban J connectivity index is 2.12. The molecular weight excluding hydrogens is 238 g/mol. The zero-order chi connectivity index (χ0) is 13.8. The van der Waals surface area contributed by atoms with Crippen molar-refractivity contribution in [2.75, 3.05) is 26.7 Å². The number of aliphatic hydroxyl groups is 1. The quantitative estimate of drug-likeness (QED) is 0.886. The number of rotatable bonds is 5. The second-order valence-electron chi connectivity index (χ2n) is 5.68. The van der Waals surface area contributed by atoms with Crippen LogP contribution in [0, 0.1) is 0 Å². The molecule has 3 nitrogen and oxygen atoms in total. The van der Waals surface area contributed by atoms with E-state index in [4.69, 9.17) is 4.74 Å². The lowest BCUT2D eigenvalue weighted by molar-refractivity contribution is 0.126. The fourth-order valence-electron chi connectivity index (χ4n) is 2.73. The van der Waals surface area contributed by atoms with Crippen molar-refractivity contribution in [3.63, 3.8) is 0 Å². The topological polar surface area (TPSA) is 32.7 Å². The number of likely N-dealkylation sites (tertiary alicyclic amines) is 1. The van der Waals surface area contributed by atoms with Crippen molar-refractivity contribution in [1.29, 1.82) is 0 Å². The average molecular weight is 263 g/mol. The molecule has 0 saturated carbocycles. The van der Waals surface area contributed by atoms with E-state index in [9.17, 15) is 5.11 Å². The van der Waals surface area contributed by atoms with Crippen LogP contribution in [0.25, 0.3) is 0 Å². The van der Waals surface area contributed by atoms with Crippen LogP contribution >= 0.6 is 0 Å². The largest absolute Gasteiger partial charge is 0.496 e. The Morgan fingerprint density at radius 2 is 1.95 bits per heavy atom. The second-order valence-corrected chi connectivity index (χ2v) is 5.68. The van der Waals surface area contributed by atoms with Gasteiger partial charge in [0.15, 0.2) is 0 Å². The summed E-state index contributed by atoms with van der Waals surface area (Å²) in [7, 11) is 1.70. The molecule has 0 aliphatic carbocycles. The Kier molecular flexibility index (Phi) is 4.83. The minimum atomic E-state index is -0.401. The van der Waals surface area contributed by atoms with E-state index in [2.05, 4.69) is 24.8 Å². The van der Waals surface area contributed by atoms with Gasteiger partial charge in [0.25, 0.3) is 0 Å². The molecule has 1 fully saturated rings. The maximum absolute atomic E-state index is 10.4. The normalized spacial score (nSPS) is 17.9. The highest BCUT2D eigenvalue weighted by Gasteiger charge is 2.18. The highest BCUT2D eigenvalue weighted by molar-refractivity contribution is 5.40. The van der Waals surface area contributed by atoms with Gasteiger partial charge in [0.2, 0.25) is 0 Å². The van der Waals surface area contributed by atoms with Crippen LogP contribution in [0.2, 0.25) is 0 Å². The van der Waals surface area contributed by atoms with E-state index in [0.717, 1.165) is 30.9 Å². The van der Waals surface area contributed by atoms with Gasteiger partial charge in [-0.2, -0.15) is 0 Å². The Hall–Kier alpha value is -1.06. The van der Waals surface area contributed by atoms with Crippen molar-refractivity contribution in [2.24, 2.45) is 0 Å². The lowest BCUT2D eigenvalue weighted by Crippen LogP contribution is -2.25. The molecule has 1 unspecified atom stereocenters. The van der Waals surface area contributed by atoms with Gasteiger partial charge in [-0.05, 0) is 55.1 Å². The highest BCUT2D eigenvalue weighted by Crippen LogP contribution is 2.29. The Labute approximate surface area is 116 Å². The van der Waals surface area contributed by atoms with Crippen molar-refractivity contribution in [2.45, 2.75) is 38.7 Å². The van der Waals surface area contributed by atoms with Gasteiger partial charge in [-0.15, -0.1) is 0 Å². The fourth-order valence-corrected chi connectivity index (χ4v) is 2.73. The van der Waals surface area contributed by atoms with Gasteiger partial charge in [0.05, 0.1) is 13.2 Å². The predicted octanol–water partition coefficient (Wildman–Crippen LogP) is 2.95. The zero-order valence-corrected chi connectivity index (χ0v) is 12.2. The highest BCUT2D eigenvalue weighted by atomic mass is 16.5. The van der Waals surface area contributed by atoms with Crippen LogP contribution < -0.4 is 4.74 Å². The van der Waals surface area contributed by atoms with Gasteiger partial charge in [-0.1, -0.05) is 19.9 Å². The summed E-state index contributed by atoms with van der Waals surface area (Å²) in [5, 5.41) is 10.4. The Morgan fingerprint density at radius 3 is 2.53 bits per heavy atom. The van der Waals surface area contributed by atoms with Crippen molar-refractivity contribution in [3.8, 4) is 5.75 Å². The molecule has 0 bridgehead atoms. The Bertz CT molecular complexity index is 411. The number of benzene rings is 1. The number of hydrogen-bond donors (Lipinski definition) is 1. The van der Waals surface area contributed by atoms with Crippen LogP contribution in [0.3, 0.4) is 0 Å². The molecule has 1 heterocycles. The molecule has 3 heteroatoms. The number of β-amino-alcohol motifs (C(OH)–C–C–N with tert-alkyl or cyclic N) is 1. The summed E-state index contributed by atoms with van der Waals surface area (Å²) in [6, 6.07) is 6.04. The molecule has 1 N–H and O–H groups in total. The molecule has 1 saturated heterocycles. The molecule has 1 aliphatic heterocycles. The number of ether oxygens (including phenoxy) is 1. The van der Waals surface area contributed by atoms with Gasteiger partial charge in [-0.25, -0.2) is 0 Å². The van der Waals surface area contributed by atoms with E-state index < -0.39 is 6.10 Å². The molecular formula is C16H25NO2. The first-order valence-corrected chi connectivity index (χ1v) is 7.20. The van der Waals surface area contributed by atoms with Gasteiger partial charge < -0.3 is 14.7 Å². The lowest BCUT2D eigenvalue weighted by Gasteiger charge is -2.21. The predicted molar refractivity (Wildman–Crippen MR) is 77.7 cm³/mol. The number of hydrogen-bond acceptors (Lipinski definition) is 3. The summed E-state index contributed by atoms with van der Waals surface area (Å²) < 4.78 is 5.38. The van der Waals surface area contributed by atoms with E-state index in [1.165, 1.54) is 18.4 Å². The summed E-state index contributed by atoms with van der Waals surface area (Å²) >= 11 is 0. The smallest absolute Gasteiger partial charge is 0.122 e. The van der Waals surface area contributed by atoms with Gasteiger partial charge in [0, 0.05) is 6.54 Å². The number of methoxy groups -OCH3 is 1. The first kappa shape index (κ1) is 14.4. The Morgan fingerprint density at radius 1 is 1.26 bits per heavy atom. The molecule has 1 atom stereocenters. The van der Waals surface area contributed by atoms with E-state index in [0.29, 0.717) is 5.92 Å². The third-order valence-corrected chi connectivity index (χ3v) is 3.89. The number of nitrogens with zero attached hydrogens (tertiary/aromatic N) is 1. The molecule has 19 heavy (non-hydrogen) atoms. The van der Waals surface area contributed by atoms with Gasteiger partial charge >= 0.3 is 0 Å². The summed E-state index contributed by atoms with van der Waals surface area (Å²) in [5.74, 6) is 1.31. The molecule has 0 amide bonds. The maximum atomic E-state index is 10.4. The van der Waals surface area contributed by atoms with Crippen molar-refractivity contribution >= 4 is 0 Å². The van der Waals surface area contributed by atoms with E-state index in [-0.39, 0.29) is 0 Å². The fraction of sp³-hybridized carbons (Fsp3) is 0.625. The van der Waals surface area contributed by atoms with Crippen LogP contribution in [0.1, 0.15) is 49.8 Å². The van der Waals surface area contributed by atoms with Crippen LogP contribution in [0.15, 0.2) is 18.2 Å². The molecule has 1 aromatic carbocycles. The van der Waals surface area contributed by atoms with Crippen molar-refractivity contribution in [3.05, 3.63) is 29.3 Å². The van der Waals surface area contributed by atoms with Crippen LogP contribution in [-0.4, -0.2) is 36.8 Å². The standard InChI is InChI=1S/C16H25NO2/c1-12(2)14-10-13(6-7-16(14)19-3)15(18)11-17-8-4-5-9-17/h6-7,10,12,15,18H,4-5,8-9,11H2,1-3H3. The molecule has 106 valence electrons. The van der Waals surface area contributed by atoms with Crippen LogP contribution in [-0.2, 0) is 0 Å². The maximum Gasteiger partial charge on any atom is 0.122 e. The SMILES string of the molecule is COc1ccc(C(O)CN2CCCC2)cc1C(C)C. The first-order chi connectivity index (χ1) is 9.11. The average Bonchev–Trinajstić information content (AvgIpc) is 2.90. The first-order valence-electron chi connectivity index (χ1n) is 7.20. The minimum Gasteiger partial charge on any atom is -0.496 e. The zero-order valence-electron chi connectivity index (χ0n) is 12.2. The monoisotopic (exact) mass is 263 g/mol. The van der Waals surface area contributed by atoms with E-state index >= 15 is 0 Å². The minimum absolute atomic E-state index is 0.397. The third kappa shape index (κ3) is 3.48. The van der Waals surface area contributed by atoms with Crippen molar-refractivity contribution in [1.82, 2.24) is 4.90 Å². The third-order valence-electron chi connectivity index (χ3n) is 3.89. The van der Waals surface area contributed by atoms with E-state index in [1.807, 2.05) is 12.1 Å². The summed E-state index contributed by atoms with van der Waals surface area (Å²) in [6.07, 6.45) is 2.11. The van der Waals surface area contributed by atoms with Crippen LogP contribution in [0.5, 0.6) is 5.75 Å². The van der Waals surface area contributed by atoms with Gasteiger partial charge in [-0.3, -0.25) is 0 Å². The molecule has 0 aromatic heterocycles. The molecule has 1 aromatic rings. The van der Waals surface area contributed by atoms with Crippen molar-refractivity contribution < 1.29 is 9.84 Å². The molecule has 0 spiro atoms. The van der Waals surface area contributed by atoms with E-state index in [1.54, 1.807) is 7.11 Å². The van der Waals surface area contributed by atoms with Gasteiger partial charge in [0.1, 0.15) is 5.75 Å². The molecule has 1 aliphatic rings. The summed E-state index contributed by atoms with van der Waals surface area (Å²) in [5.41, 5.74) is 2.16. The summed E-state index contributed by atoms with van der Waals surface area (Å²) in [6.45, 7) is 7.27. The lowest BCUT2D eigenvalue weighted by atomic mass is 9.97. The van der Waals surface area contributed by atoms with Crippen LogP contribution in [0.4, 0.5) is 0 Å².